The fourth-order valence-corrected chi connectivity index (χ4v) is 1.81. The summed E-state index contributed by atoms with van der Waals surface area (Å²) in [7, 11) is 0. The van der Waals surface area contributed by atoms with Crippen molar-refractivity contribution in [2.75, 3.05) is 11.9 Å². The highest BCUT2D eigenvalue weighted by Gasteiger charge is 2.08. The number of nitrogens with one attached hydrogen (secondary N) is 1. The second-order valence-corrected chi connectivity index (χ2v) is 5.05. The first-order valence-electron chi connectivity index (χ1n) is 6.02. The van der Waals surface area contributed by atoms with Crippen molar-refractivity contribution in [1.82, 2.24) is 9.78 Å². The van der Waals surface area contributed by atoms with E-state index in [9.17, 15) is 13.6 Å². The van der Waals surface area contributed by atoms with Crippen LogP contribution in [0.2, 0.25) is 0 Å². The van der Waals surface area contributed by atoms with E-state index in [1.807, 2.05) is 0 Å². The van der Waals surface area contributed by atoms with Crippen molar-refractivity contribution < 1.29 is 18.3 Å². The van der Waals surface area contributed by atoms with Crippen molar-refractivity contribution in [3.05, 3.63) is 41.1 Å². The van der Waals surface area contributed by atoms with Gasteiger partial charge in [0.15, 0.2) is 6.61 Å². The molecular weight excluding hydrogens is 348 g/mol. The molecule has 1 aromatic heterocycles. The maximum Gasteiger partial charge on any atom is 0.262 e. The summed E-state index contributed by atoms with van der Waals surface area (Å²) in [6, 6.07) is 7.03. The topological polar surface area (TPSA) is 56.1 Å². The first kappa shape index (κ1) is 15.4. The van der Waals surface area contributed by atoms with Crippen LogP contribution in [0.3, 0.4) is 0 Å². The maximum atomic E-state index is 12.2. The summed E-state index contributed by atoms with van der Waals surface area (Å²) >= 11 is 3.29. The lowest BCUT2D eigenvalue weighted by Crippen LogP contribution is -2.19. The smallest absolute Gasteiger partial charge is 0.262 e. The van der Waals surface area contributed by atoms with E-state index in [-0.39, 0.29) is 6.61 Å². The number of hydrogen-bond donors (Lipinski definition) is 1. The molecule has 2 rings (SSSR count). The molecule has 0 bridgehead atoms. The first-order valence-corrected chi connectivity index (χ1v) is 6.81. The SMILES string of the molecule is O=C(COc1ccc(Br)cc1)Nc1cnn(CC(F)F)c1. The number of carbonyl (C=O) groups is 1. The minimum Gasteiger partial charge on any atom is -0.484 e. The lowest BCUT2D eigenvalue weighted by molar-refractivity contribution is -0.118. The van der Waals surface area contributed by atoms with Crippen molar-refractivity contribution in [2.24, 2.45) is 0 Å². The van der Waals surface area contributed by atoms with Crippen LogP contribution in [0.5, 0.6) is 5.75 Å². The third-order valence-electron chi connectivity index (χ3n) is 2.43. The molecule has 0 unspecified atom stereocenters. The molecule has 0 radical (unpaired) electrons. The Balaban J connectivity index is 1.81. The van der Waals surface area contributed by atoms with E-state index in [0.717, 1.165) is 9.15 Å². The summed E-state index contributed by atoms with van der Waals surface area (Å²) in [6.45, 7) is -0.688. The van der Waals surface area contributed by atoms with Gasteiger partial charge in [-0.15, -0.1) is 0 Å². The molecule has 1 amide bonds. The molecule has 0 aliphatic rings. The number of benzene rings is 1. The Morgan fingerprint density at radius 1 is 1.38 bits per heavy atom. The van der Waals surface area contributed by atoms with Gasteiger partial charge in [-0.25, -0.2) is 8.78 Å². The highest BCUT2D eigenvalue weighted by molar-refractivity contribution is 9.10. The van der Waals surface area contributed by atoms with Gasteiger partial charge in [0.1, 0.15) is 12.3 Å². The zero-order valence-corrected chi connectivity index (χ0v) is 12.4. The number of carbonyl (C=O) groups excluding carboxylic acids is 1. The van der Waals surface area contributed by atoms with Crippen LogP contribution >= 0.6 is 15.9 Å². The Bertz CT molecular complexity index is 602. The van der Waals surface area contributed by atoms with Crippen molar-refractivity contribution in [3.8, 4) is 5.75 Å². The molecule has 5 nitrogen and oxygen atoms in total. The molecule has 1 heterocycles. The van der Waals surface area contributed by atoms with E-state index < -0.39 is 18.9 Å². The molecule has 21 heavy (non-hydrogen) atoms. The summed E-state index contributed by atoms with van der Waals surface area (Å²) in [6.07, 6.45) is 0.151. The molecule has 0 saturated carbocycles. The van der Waals surface area contributed by atoms with Crippen LogP contribution in [-0.4, -0.2) is 28.7 Å². The Hall–Kier alpha value is -1.96. The number of aromatic nitrogens is 2. The fourth-order valence-electron chi connectivity index (χ4n) is 1.55. The fraction of sp³-hybridized carbons (Fsp3) is 0.231. The van der Waals surface area contributed by atoms with Crippen LogP contribution in [0.15, 0.2) is 41.1 Å². The van der Waals surface area contributed by atoms with Gasteiger partial charge in [0, 0.05) is 10.7 Å². The monoisotopic (exact) mass is 359 g/mol. The lowest BCUT2D eigenvalue weighted by Gasteiger charge is -2.06. The molecule has 1 aromatic carbocycles. The number of hydrogen-bond acceptors (Lipinski definition) is 3. The van der Waals surface area contributed by atoms with Gasteiger partial charge in [0.2, 0.25) is 0 Å². The Morgan fingerprint density at radius 2 is 2.10 bits per heavy atom. The molecule has 1 N–H and O–H groups in total. The first-order chi connectivity index (χ1) is 10.0. The van der Waals surface area contributed by atoms with Gasteiger partial charge in [-0.05, 0) is 24.3 Å². The molecule has 0 fully saturated rings. The molecule has 0 aliphatic carbocycles. The van der Waals surface area contributed by atoms with Gasteiger partial charge >= 0.3 is 0 Å². The summed E-state index contributed by atoms with van der Waals surface area (Å²) in [5.74, 6) is 0.163. The molecule has 0 aliphatic heterocycles. The summed E-state index contributed by atoms with van der Waals surface area (Å²) in [5, 5.41) is 6.23. The van der Waals surface area contributed by atoms with Gasteiger partial charge in [-0.3, -0.25) is 9.48 Å². The highest BCUT2D eigenvalue weighted by Crippen LogP contribution is 2.16. The van der Waals surface area contributed by atoms with Gasteiger partial charge in [-0.2, -0.15) is 5.10 Å². The minimum atomic E-state index is -2.49. The Labute approximate surface area is 128 Å². The quantitative estimate of drug-likeness (QED) is 0.862. The average Bonchev–Trinajstić information content (AvgIpc) is 2.84. The molecule has 8 heteroatoms. The van der Waals surface area contributed by atoms with Crippen molar-refractivity contribution >= 4 is 27.5 Å². The number of ether oxygens (including phenoxy) is 1. The van der Waals surface area contributed by atoms with Gasteiger partial charge in [0.25, 0.3) is 12.3 Å². The van der Waals surface area contributed by atoms with Crippen LogP contribution in [0.1, 0.15) is 0 Å². The maximum absolute atomic E-state index is 12.2. The average molecular weight is 360 g/mol. The summed E-state index contributed by atoms with van der Waals surface area (Å²) in [4.78, 5) is 11.7. The van der Waals surface area contributed by atoms with E-state index in [4.69, 9.17) is 4.74 Å². The molecule has 112 valence electrons. The third-order valence-corrected chi connectivity index (χ3v) is 2.95. The molecule has 2 aromatic rings. The van der Waals surface area contributed by atoms with Crippen LogP contribution in [0.4, 0.5) is 14.5 Å². The van der Waals surface area contributed by atoms with Crippen LogP contribution in [0, 0.1) is 0 Å². The standard InChI is InChI=1S/C13H12BrF2N3O2/c14-9-1-3-11(4-2-9)21-8-13(20)18-10-5-17-19(6-10)7-12(15)16/h1-6,12H,7-8H2,(H,18,20). The number of halogens is 3. The van der Waals surface area contributed by atoms with Crippen LogP contribution < -0.4 is 10.1 Å². The second-order valence-electron chi connectivity index (χ2n) is 4.13. The number of amides is 1. The van der Waals surface area contributed by atoms with Gasteiger partial charge < -0.3 is 10.1 Å². The predicted molar refractivity (Wildman–Crippen MR) is 76.5 cm³/mol. The summed E-state index contributed by atoms with van der Waals surface area (Å²) in [5.41, 5.74) is 0.347. The summed E-state index contributed by atoms with van der Waals surface area (Å²) < 4.78 is 31.6. The van der Waals surface area contributed by atoms with Crippen molar-refractivity contribution in [1.29, 1.82) is 0 Å². The van der Waals surface area contributed by atoms with E-state index in [1.54, 1.807) is 24.3 Å². The van der Waals surface area contributed by atoms with E-state index in [2.05, 4.69) is 26.3 Å². The predicted octanol–water partition coefficient (Wildman–Crippen LogP) is 2.93. The van der Waals surface area contributed by atoms with Crippen molar-refractivity contribution in [3.63, 3.8) is 0 Å². The third kappa shape index (κ3) is 5.14. The van der Waals surface area contributed by atoms with Crippen molar-refractivity contribution in [2.45, 2.75) is 13.0 Å². The largest absolute Gasteiger partial charge is 0.484 e. The van der Waals surface area contributed by atoms with E-state index >= 15 is 0 Å². The minimum absolute atomic E-state index is 0.179. The second kappa shape index (κ2) is 7.16. The van der Waals surface area contributed by atoms with E-state index in [1.165, 1.54) is 12.4 Å². The Morgan fingerprint density at radius 3 is 2.76 bits per heavy atom. The molecule has 0 atom stereocenters. The molecule has 0 saturated heterocycles. The zero-order chi connectivity index (χ0) is 15.2. The zero-order valence-electron chi connectivity index (χ0n) is 10.8. The number of alkyl halides is 2. The number of anilines is 1. The Kier molecular flexibility index (Phi) is 5.26. The number of nitrogens with zero attached hydrogens (tertiary/aromatic N) is 2. The van der Waals surface area contributed by atoms with E-state index in [0.29, 0.717) is 11.4 Å². The highest BCUT2D eigenvalue weighted by atomic mass is 79.9. The normalized spacial score (nSPS) is 10.7. The van der Waals surface area contributed by atoms with Gasteiger partial charge in [-0.1, -0.05) is 15.9 Å². The lowest BCUT2D eigenvalue weighted by atomic mass is 10.3. The van der Waals surface area contributed by atoms with Crippen LogP contribution in [-0.2, 0) is 11.3 Å². The van der Waals surface area contributed by atoms with Crippen LogP contribution in [0.25, 0.3) is 0 Å². The molecule has 0 spiro atoms. The van der Waals surface area contributed by atoms with Gasteiger partial charge in [0.05, 0.1) is 11.9 Å². The number of rotatable bonds is 6. The molecular formula is C13H12BrF2N3O2.